The van der Waals surface area contributed by atoms with Crippen molar-refractivity contribution in [3.8, 4) is 11.8 Å². The van der Waals surface area contributed by atoms with Crippen molar-refractivity contribution in [2.45, 2.75) is 25.9 Å². The lowest BCUT2D eigenvalue weighted by molar-refractivity contribution is -0.138. The molecule has 27 heavy (non-hydrogen) atoms. The van der Waals surface area contributed by atoms with E-state index in [-0.39, 0.29) is 12.1 Å². The Kier molecular flexibility index (Phi) is 5.77. The smallest absolute Gasteiger partial charge is 0.337 e. The van der Waals surface area contributed by atoms with E-state index >= 15 is 0 Å². The van der Waals surface area contributed by atoms with Gasteiger partial charge in [-0.1, -0.05) is 12.1 Å². The summed E-state index contributed by atoms with van der Waals surface area (Å²) in [7, 11) is 1.61. The van der Waals surface area contributed by atoms with Crippen LogP contribution in [0.2, 0.25) is 0 Å². The minimum absolute atomic E-state index is 0.158. The molecule has 1 atom stereocenters. The van der Waals surface area contributed by atoms with Crippen LogP contribution in [-0.4, -0.2) is 25.8 Å². The lowest BCUT2D eigenvalue weighted by atomic mass is 10.0. The zero-order valence-electron chi connectivity index (χ0n) is 15.4. The van der Waals surface area contributed by atoms with Crippen molar-refractivity contribution < 1.29 is 19.0 Å². The number of hydrogen-bond donors (Lipinski definition) is 0. The molecule has 0 amide bonds. The summed E-state index contributed by atoms with van der Waals surface area (Å²) in [6.07, 6.45) is 0.975. The molecule has 0 fully saturated rings. The monoisotopic (exact) mass is 363 g/mol. The predicted octanol–water partition coefficient (Wildman–Crippen LogP) is 3.87. The van der Waals surface area contributed by atoms with Gasteiger partial charge in [-0.25, -0.2) is 4.79 Å². The molecule has 2 aromatic rings. The molecule has 1 aliphatic heterocycles. The number of esters is 1. The number of rotatable bonds is 6. The van der Waals surface area contributed by atoms with E-state index in [2.05, 4.69) is 6.07 Å². The largest absolute Gasteiger partial charge is 0.497 e. The Morgan fingerprint density at radius 1 is 1.19 bits per heavy atom. The van der Waals surface area contributed by atoms with Gasteiger partial charge < -0.3 is 14.2 Å². The van der Waals surface area contributed by atoms with Crippen molar-refractivity contribution in [2.24, 2.45) is 0 Å². The first-order valence-corrected chi connectivity index (χ1v) is 8.85. The molecule has 0 spiro atoms. The third-order valence-electron chi connectivity index (χ3n) is 4.41. The molecule has 0 aliphatic carbocycles. The fourth-order valence-electron chi connectivity index (χ4n) is 3.07. The van der Waals surface area contributed by atoms with E-state index in [0.717, 1.165) is 16.9 Å². The van der Waals surface area contributed by atoms with Crippen LogP contribution in [0.15, 0.2) is 54.1 Å². The van der Waals surface area contributed by atoms with E-state index in [9.17, 15) is 4.79 Å². The Morgan fingerprint density at radius 2 is 1.89 bits per heavy atom. The average molecular weight is 363 g/mol. The van der Waals surface area contributed by atoms with Crippen LogP contribution in [0.25, 0.3) is 5.76 Å². The molecule has 1 unspecified atom stereocenters. The Hall–Kier alpha value is -3.26. The third kappa shape index (κ3) is 4.29. The highest BCUT2D eigenvalue weighted by Crippen LogP contribution is 2.35. The summed E-state index contributed by atoms with van der Waals surface area (Å²) in [4.78, 5) is 12.4. The summed E-state index contributed by atoms with van der Waals surface area (Å²) < 4.78 is 16.5. The summed E-state index contributed by atoms with van der Waals surface area (Å²) in [5.74, 6) is 0.963. The fraction of sp³-hybridized carbons (Fsp3) is 0.273. The van der Waals surface area contributed by atoms with Crippen molar-refractivity contribution in [3.05, 3.63) is 70.8 Å². The number of ether oxygens (including phenoxy) is 3. The summed E-state index contributed by atoms with van der Waals surface area (Å²) in [6.45, 7) is 2.11. The van der Waals surface area contributed by atoms with Gasteiger partial charge in [-0.05, 0) is 48.9 Å². The maximum atomic E-state index is 12.4. The van der Waals surface area contributed by atoms with Gasteiger partial charge in [-0.3, -0.25) is 0 Å². The molecule has 1 heterocycles. The highest BCUT2D eigenvalue weighted by atomic mass is 16.5. The second-order valence-corrected chi connectivity index (χ2v) is 6.21. The SMILES string of the molecule is CCOC(=O)C1=C(c2ccc(OC)cc2)OC(Cc2ccc(C#N)cc2)C1. The van der Waals surface area contributed by atoms with Crippen molar-refractivity contribution in [1.29, 1.82) is 5.26 Å². The maximum Gasteiger partial charge on any atom is 0.337 e. The van der Waals surface area contributed by atoms with Gasteiger partial charge in [-0.2, -0.15) is 5.26 Å². The molecule has 138 valence electrons. The lowest BCUT2D eigenvalue weighted by Crippen LogP contribution is -2.12. The van der Waals surface area contributed by atoms with E-state index in [1.165, 1.54) is 0 Å². The van der Waals surface area contributed by atoms with Crippen LogP contribution in [-0.2, 0) is 20.7 Å². The molecule has 0 N–H and O–H groups in total. The molecule has 1 aliphatic rings. The summed E-state index contributed by atoms with van der Waals surface area (Å²) in [5.41, 5.74) is 3.05. The molecule has 0 saturated heterocycles. The molecule has 0 aromatic heterocycles. The van der Waals surface area contributed by atoms with Crippen LogP contribution in [0.3, 0.4) is 0 Å². The van der Waals surface area contributed by atoms with Gasteiger partial charge >= 0.3 is 5.97 Å². The first-order valence-electron chi connectivity index (χ1n) is 8.85. The zero-order chi connectivity index (χ0) is 19.2. The Labute approximate surface area is 158 Å². The first-order chi connectivity index (χ1) is 13.1. The number of hydrogen-bond acceptors (Lipinski definition) is 5. The quantitative estimate of drug-likeness (QED) is 0.729. The number of methoxy groups -OCH3 is 1. The average Bonchev–Trinajstić information content (AvgIpc) is 3.13. The van der Waals surface area contributed by atoms with Crippen molar-refractivity contribution in [2.75, 3.05) is 13.7 Å². The molecule has 5 nitrogen and oxygen atoms in total. The topological polar surface area (TPSA) is 68.6 Å². The Morgan fingerprint density at radius 3 is 2.48 bits per heavy atom. The molecular weight excluding hydrogens is 342 g/mol. The standard InChI is InChI=1S/C22H21NO4/c1-3-26-22(24)20-13-19(12-15-4-6-16(14-23)7-5-15)27-21(20)17-8-10-18(25-2)11-9-17/h4-11,19H,3,12-13H2,1-2H3. The predicted molar refractivity (Wildman–Crippen MR) is 101 cm³/mol. The molecule has 5 heteroatoms. The van der Waals surface area contributed by atoms with Gasteiger partial charge in [0.25, 0.3) is 0 Å². The highest BCUT2D eigenvalue weighted by Gasteiger charge is 2.32. The molecule has 3 rings (SSSR count). The van der Waals surface area contributed by atoms with Gasteiger partial charge in [-0.15, -0.1) is 0 Å². The number of nitrogens with zero attached hydrogens (tertiary/aromatic N) is 1. The summed E-state index contributed by atoms with van der Waals surface area (Å²) >= 11 is 0. The molecular formula is C22H21NO4. The number of benzene rings is 2. The molecule has 2 aromatic carbocycles. The third-order valence-corrected chi connectivity index (χ3v) is 4.41. The van der Waals surface area contributed by atoms with E-state index in [4.69, 9.17) is 19.5 Å². The van der Waals surface area contributed by atoms with Crippen LogP contribution in [0.1, 0.15) is 30.0 Å². The Bertz CT molecular complexity index is 876. The van der Waals surface area contributed by atoms with Gasteiger partial charge in [0, 0.05) is 18.4 Å². The minimum Gasteiger partial charge on any atom is -0.497 e. The molecule has 0 bridgehead atoms. The van der Waals surface area contributed by atoms with E-state index in [0.29, 0.717) is 36.3 Å². The van der Waals surface area contributed by atoms with Gasteiger partial charge in [0.2, 0.25) is 0 Å². The van der Waals surface area contributed by atoms with Crippen molar-refractivity contribution in [3.63, 3.8) is 0 Å². The first kappa shape index (κ1) is 18.5. The van der Waals surface area contributed by atoms with Crippen LogP contribution in [0, 0.1) is 11.3 Å². The van der Waals surface area contributed by atoms with E-state index < -0.39 is 0 Å². The van der Waals surface area contributed by atoms with Crippen LogP contribution < -0.4 is 4.74 Å². The summed E-state index contributed by atoms with van der Waals surface area (Å²) in [6, 6.07) is 16.9. The second kappa shape index (κ2) is 8.41. The zero-order valence-corrected chi connectivity index (χ0v) is 15.4. The van der Waals surface area contributed by atoms with E-state index in [1.54, 1.807) is 26.2 Å². The van der Waals surface area contributed by atoms with Crippen LogP contribution in [0.5, 0.6) is 5.75 Å². The normalized spacial score (nSPS) is 15.8. The highest BCUT2D eigenvalue weighted by molar-refractivity contribution is 5.97. The Balaban J connectivity index is 1.81. The summed E-state index contributed by atoms with van der Waals surface area (Å²) in [5, 5.41) is 8.92. The van der Waals surface area contributed by atoms with Gasteiger partial charge in [0.15, 0.2) is 0 Å². The van der Waals surface area contributed by atoms with Crippen molar-refractivity contribution >= 4 is 11.7 Å². The van der Waals surface area contributed by atoms with E-state index in [1.807, 2.05) is 36.4 Å². The van der Waals surface area contributed by atoms with Gasteiger partial charge in [0.1, 0.15) is 17.6 Å². The molecule has 0 saturated carbocycles. The van der Waals surface area contributed by atoms with Gasteiger partial charge in [0.05, 0.1) is 30.9 Å². The second-order valence-electron chi connectivity index (χ2n) is 6.21. The maximum absolute atomic E-state index is 12.4. The van der Waals surface area contributed by atoms with Crippen molar-refractivity contribution in [1.82, 2.24) is 0 Å². The number of nitriles is 1. The van der Waals surface area contributed by atoms with Crippen LogP contribution >= 0.6 is 0 Å². The number of carbonyl (C=O) groups excluding carboxylic acids is 1. The minimum atomic E-state index is -0.342. The number of carbonyl (C=O) groups is 1. The van der Waals surface area contributed by atoms with Crippen LogP contribution in [0.4, 0.5) is 0 Å². The fourth-order valence-corrected chi connectivity index (χ4v) is 3.07. The lowest BCUT2D eigenvalue weighted by Gasteiger charge is -2.13. The molecule has 0 radical (unpaired) electrons.